The van der Waals surface area contributed by atoms with Gasteiger partial charge >= 0.3 is 5.97 Å². The van der Waals surface area contributed by atoms with E-state index in [2.05, 4.69) is 0 Å². The van der Waals surface area contributed by atoms with Gasteiger partial charge in [0, 0.05) is 25.0 Å². The van der Waals surface area contributed by atoms with Crippen molar-refractivity contribution in [3.8, 4) is 0 Å². The smallest absolute Gasteiger partial charge is 0.307 e. The molecular weight excluding hydrogens is 228 g/mol. The van der Waals surface area contributed by atoms with Gasteiger partial charge in [0.15, 0.2) is 5.12 Å². The summed E-state index contributed by atoms with van der Waals surface area (Å²) in [5.74, 6) is -1.30. The third-order valence-electron chi connectivity index (χ3n) is 2.22. The van der Waals surface area contributed by atoms with Gasteiger partial charge in [-0.1, -0.05) is 25.6 Å². The van der Waals surface area contributed by atoms with Crippen molar-refractivity contribution in [3.63, 3.8) is 0 Å². The number of Topliss-reactive ketones (excluding diaryl/α,β-unsaturated/α-hetero) is 1. The third kappa shape index (κ3) is 6.61. The molecule has 5 heteroatoms. The summed E-state index contributed by atoms with van der Waals surface area (Å²) < 4.78 is 0. The fourth-order valence-corrected chi connectivity index (χ4v) is 1.85. The molecule has 16 heavy (non-hydrogen) atoms. The van der Waals surface area contributed by atoms with Gasteiger partial charge in [-0.2, -0.15) is 0 Å². The molecule has 0 aromatic rings. The van der Waals surface area contributed by atoms with Crippen molar-refractivity contribution in [2.75, 3.05) is 5.75 Å². The van der Waals surface area contributed by atoms with Crippen LogP contribution in [0.2, 0.25) is 0 Å². The predicted molar refractivity (Wildman–Crippen MR) is 63.3 cm³/mol. The molecule has 1 N–H and O–H groups in total. The van der Waals surface area contributed by atoms with Gasteiger partial charge < -0.3 is 5.11 Å². The van der Waals surface area contributed by atoms with Crippen molar-refractivity contribution in [2.24, 2.45) is 11.8 Å². The second-order valence-electron chi connectivity index (χ2n) is 4.00. The molecule has 0 fully saturated rings. The van der Waals surface area contributed by atoms with Crippen LogP contribution >= 0.6 is 11.8 Å². The highest BCUT2D eigenvalue weighted by molar-refractivity contribution is 8.13. The Balaban J connectivity index is 4.09. The topological polar surface area (TPSA) is 71.4 Å². The van der Waals surface area contributed by atoms with Crippen molar-refractivity contribution in [3.05, 3.63) is 0 Å². The number of carboxylic acids is 1. The first-order chi connectivity index (χ1) is 7.34. The maximum absolute atomic E-state index is 11.3. The number of carbonyl (C=O) groups is 3. The van der Waals surface area contributed by atoms with E-state index in [1.54, 1.807) is 13.8 Å². The summed E-state index contributed by atoms with van der Waals surface area (Å²) in [6.45, 7) is 4.99. The Kier molecular flexibility index (Phi) is 7.05. The average Bonchev–Trinajstić information content (AvgIpc) is 2.15. The molecule has 1 unspecified atom stereocenters. The van der Waals surface area contributed by atoms with Crippen LogP contribution in [0.4, 0.5) is 0 Å². The fraction of sp³-hybridized carbons (Fsp3) is 0.727. The molecule has 0 saturated carbocycles. The van der Waals surface area contributed by atoms with Gasteiger partial charge in [0.05, 0.1) is 5.92 Å². The minimum atomic E-state index is -0.940. The number of rotatable bonds is 7. The highest BCUT2D eigenvalue weighted by Gasteiger charge is 2.20. The van der Waals surface area contributed by atoms with Crippen LogP contribution in [0.1, 0.15) is 33.6 Å². The Morgan fingerprint density at radius 1 is 1.25 bits per heavy atom. The van der Waals surface area contributed by atoms with Gasteiger partial charge in [0.1, 0.15) is 5.78 Å². The number of carboxylic acid groups (broad SMARTS) is 1. The van der Waals surface area contributed by atoms with E-state index in [9.17, 15) is 14.4 Å². The molecule has 0 radical (unpaired) electrons. The standard InChI is InChI=1S/C11H18O4S/c1-7(2)10(13)5-4-9(11(14)15)6-16-8(3)12/h7,9H,4-6H2,1-3H3,(H,14,15). The van der Waals surface area contributed by atoms with E-state index in [0.717, 1.165) is 11.8 Å². The van der Waals surface area contributed by atoms with E-state index in [1.807, 2.05) is 0 Å². The largest absolute Gasteiger partial charge is 0.481 e. The van der Waals surface area contributed by atoms with Crippen molar-refractivity contribution in [1.29, 1.82) is 0 Å². The maximum Gasteiger partial charge on any atom is 0.307 e. The SMILES string of the molecule is CC(=O)SCC(CCC(=O)C(C)C)C(=O)O. The second kappa shape index (κ2) is 7.44. The monoisotopic (exact) mass is 246 g/mol. The third-order valence-corrected chi connectivity index (χ3v) is 3.20. The fourth-order valence-electron chi connectivity index (χ4n) is 1.10. The van der Waals surface area contributed by atoms with Crippen LogP contribution in [0.15, 0.2) is 0 Å². The number of aliphatic carboxylic acids is 1. The van der Waals surface area contributed by atoms with Crippen molar-refractivity contribution < 1.29 is 19.5 Å². The molecule has 0 aromatic carbocycles. The molecule has 0 aromatic heterocycles. The average molecular weight is 246 g/mol. The first kappa shape index (κ1) is 15.2. The summed E-state index contributed by atoms with van der Waals surface area (Å²) >= 11 is 0.997. The molecule has 0 saturated heterocycles. The summed E-state index contributed by atoms with van der Waals surface area (Å²) in [7, 11) is 0. The summed E-state index contributed by atoms with van der Waals surface area (Å²) in [5, 5.41) is 8.81. The molecule has 0 aliphatic rings. The summed E-state index contributed by atoms with van der Waals surface area (Å²) in [6.07, 6.45) is 0.583. The molecule has 0 heterocycles. The lowest BCUT2D eigenvalue weighted by molar-refractivity contribution is -0.141. The first-order valence-electron chi connectivity index (χ1n) is 5.23. The van der Waals surface area contributed by atoms with Crippen LogP contribution in [-0.2, 0) is 14.4 Å². The van der Waals surface area contributed by atoms with E-state index in [-0.39, 0.29) is 29.0 Å². The van der Waals surface area contributed by atoms with Gasteiger partial charge in [-0.25, -0.2) is 0 Å². The van der Waals surface area contributed by atoms with Crippen LogP contribution in [-0.4, -0.2) is 27.7 Å². The Hall–Kier alpha value is -0.840. The molecule has 92 valence electrons. The van der Waals surface area contributed by atoms with Gasteiger partial charge in [0.2, 0.25) is 0 Å². The number of thioether (sulfide) groups is 1. The zero-order chi connectivity index (χ0) is 12.7. The van der Waals surface area contributed by atoms with E-state index >= 15 is 0 Å². The normalized spacial score (nSPS) is 12.5. The molecule has 0 aliphatic heterocycles. The molecule has 0 amide bonds. The Labute approximate surface area is 99.8 Å². The predicted octanol–water partition coefficient (Wildman–Crippen LogP) is 1.97. The van der Waals surface area contributed by atoms with Crippen LogP contribution in [0.5, 0.6) is 0 Å². The van der Waals surface area contributed by atoms with Gasteiger partial charge in [0.25, 0.3) is 0 Å². The molecule has 4 nitrogen and oxygen atoms in total. The molecule has 0 aliphatic carbocycles. The van der Waals surface area contributed by atoms with Crippen LogP contribution < -0.4 is 0 Å². The highest BCUT2D eigenvalue weighted by atomic mass is 32.2. The first-order valence-corrected chi connectivity index (χ1v) is 6.22. The van der Waals surface area contributed by atoms with Crippen molar-refractivity contribution in [2.45, 2.75) is 33.6 Å². The van der Waals surface area contributed by atoms with E-state index in [4.69, 9.17) is 5.11 Å². The van der Waals surface area contributed by atoms with Gasteiger partial charge in [-0.15, -0.1) is 0 Å². The van der Waals surface area contributed by atoms with Crippen LogP contribution in [0, 0.1) is 11.8 Å². The minimum absolute atomic E-state index is 0.0603. The number of carbonyl (C=O) groups excluding carboxylic acids is 2. The molecule has 0 bridgehead atoms. The Morgan fingerprint density at radius 3 is 2.19 bits per heavy atom. The summed E-state index contributed by atoms with van der Waals surface area (Å²) in [4.78, 5) is 32.9. The summed E-state index contributed by atoms with van der Waals surface area (Å²) in [6, 6.07) is 0. The lowest BCUT2D eigenvalue weighted by Crippen LogP contribution is -2.19. The van der Waals surface area contributed by atoms with Gasteiger partial charge in [-0.05, 0) is 6.42 Å². The van der Waals surface area contributed by atoms with E-state index in [1.165, 1.54) is 6.92 Å². The van der Waals surface area contributed by atoms with E-state index in [0.29, 0.717) is 6.42 Å². The van der Waals surface area contributed by atoms with Crippen LogP contribution in [0.3, 0.4) is 0 Å². The minimum Gasteiger partial charge on any atom is -0.481 e. The van der Waals surface area contributed by atoms with Crippen molar-refractivity contribution >= 4 is 28.6 Å². The summed E-state index contributed by atoms with van der Waals surface area (Å²) in [5.41, 5.74) is 0. The molecule has 0 rings (SSSR count). The highest BCUT2D eigenvalue weighted by Crippen LogP contribution is 2.16. The maximum atomic E-state index is 11.3. The molecule has 1 atom stereocenters. The molecular formula is C11H18O4S. The molecule has 0 spiro atoms. The number of hydrogen-bond acceptors (Lipinski definition) is 4. The van der Waals surface area contributed by atoms with Crippen molar-refractivity contribution in [1.82, 2.24) is 0 Å². The number of ketones is 1. The lowest BCUT2D eigenvalue weighted by atomic mass is 9.98. The number of hydrogen-bond donors (Lipinski definition) is 1. The van der Waals surface area contributed by atoms with Gasteiger partial charge in [-0.3, -0.25) is 14.4 Å². The Bertz CT molecular complexity index is 273. The lowest BCUT2D eigenvalue weighted by Gasteiger charge is -2.11. The zero-order valence-electron chi connectivity index (χ0n) is 9.86. The second-order valence-corrected chi connectivity index (χ2v) is 5.19. The van der Waals surface area contributed by atoms with Crippen LogP contribution in [0.25, 0.3) is 0 Å². The zero-order valence-corrected chi connectivity index (χ0v) is 10.7. The van der Waals surface area contributed by atoms with E-state index < -0.39 is 11.9 Å². The quantitative estimate of drug-likeness (QED) is 0.743. The Morgan fingerprint density at radius 2 is 1.81 bits per heavy atom.